The number of fused-ring (bicyclic) bond motifs is 1. The Morgan fingerprint density at radius 1 is 1.32 bits per heavy atom. The van der Waals surface area contributed by atoms with Crippen molar-refractivity contribution in [1.82, 2.24) is 0 Å². The number of rotatable bonds is 4. The van der Waals surface area contributed by atoms with E-state index >= 15 is 0 Å². The van der Waals surface area contributed by atoms with E-state index in [4.69, 9.17) is 4.74 Å². The van der Waals surface area contributed by atoms with Gasteiger partial charge in [-0.2, -0.15) is 0 Å². The lowest BCUT2D eigenvalue weighted by atomic mass is 9.85. The van der Waals surface area contributed by atoms with Crippen molar-refractivity contribution in [1.29, 1.82) is 0 Å². The summed E-state index contributed by atoms with van der Waals surface area (Å²) in [5, 5.41) is 9.78. The first-order valence-corrected chi connectivity index (χ1v) is 7.59. The fourth-order valence-corrected chi connectivity index (χ4v) is 3.41. The van der Waals surface area contributed by atoms with E-state index in [1.165, 1.54) is 0 Å². The molecule has 1 atom stereocenters. The smallest absolute Gasteiger partial charge is 0.326 e. The van der Waals surface area contributed by atoms with Gasteiger partial charge in [-0.05, 0) is 38.3 Å². The van der Waals surface area contributed by atoms with Crippen LogP contribution in [0.1, 0.15) is 40.2 Å². The van der Waals surface area contributed by atoms with E-state index in [2.05, 4.69) is 13.0 Å². The lowest BCUT2D eigenvalue weighted by Gasteiger charge is -2.47. The maximum absolute atomic E-state index is 11.9. The van der Waals surface area contributed by atoms with Crippen LogP contribution in [0.25, 0.3) is 5.57 Å². The molecule has 0 aromatic heterocycles. The Labute approximate surface area is 132 Å². The third kappa shape index (κ3) is 2.58. The van der Waals surface area contributed by atoms with E-state index in [9.17, 15) is 9.90 Å². The molecule has 1 aliphatic rings. The molecular weight excluding hydrogens is 278 g/mol. The van der Waals surface area contributed by atoms with Gasteiger partial charge in [-0.15, -0.1) is 0 Å². The van der Waals surface area contributed by atoms with Crippen molar-refractivity contribution in [3.05, 3.63) is 29.8 Å². The van der Waals surface area contributed by atoms with E-state index in [1.807, 2.05) is 50.8 Å². The number of carboxylic acids is 1. The maximum Gasteiger partial charge on any atom is 0.326 e. The first-order chi connectivity index (χ1) is 10.2. The highest BCUT2D eigenvalue weighted by molar-refractivity contribution is 5.89. The summed E-state index contributed by atoms with van der Waals surface area (Å²) in [4.78, 5) is 13.9. The Morgan fingerprint density at radius 3 is 2.45 bits per heavy atom. The zero-order valence-electron chi connectivity index (χ0n) is 14.2. The summed E-state index contributed by atoms with van der Waals surface area (Å²) >= 11 is 0. The number of benzene rings is 1. The van der Waals surface area contributed by atoms with Crippen LogP contribution < -0.4 is 9.64 Å². The van der Waals surface area contributed by atoms with E-state index in [-0.39, 0.29) is 5.92 Å². The third-order valence-electron chi connectivity index (χ3n) is 4.24. The third-order valence-corrected chi connectivity index (χ3v) is 4.24. The molecule has 1 aromatic carbocycles. The SMILES string of the molecule is COc1cccc2c1N([C@@H](C(=O)O)C(C)C)C(C)(C)C=C2C. The van der Waals surface area contributed by atoms with Crippen LogP contribution in [0.5, 0.6) is 5.75 Å². The number of methoxy groups -OCH3 is 1. The molecular formula is C18H25NO3. The molecule has 0 fully saturated rings. The Morgan fingerprint density at radius 2 is 1.95 bits per heavy atom. The molecule has 1 aliphatic heterocycles. The summed E-state index contributed by atoms with van der Waals surface area (Å²) in [7, 11) is 1.62. The molecule has 0 spiro atoms. The van der Waals surface area contributed by atoms with Crippen molar-refractivity contribution < 1.29 is 14.6 Å². The normalized spacial score (nSPS) is 17.8. The van der Waals surface area contributed by atoms with Gasteiger partial charge in [-0.1, -0.05) is 32.1 Å². The molecule has 0 saturated carbocycles. The maximum atomic E-state index is 11.9. The van der Waals surface area contributed by atoms with E-state index < -0.39 is 17.6 Å². The second-order valence-corrected chi connectivity index (χ2v) is 6.73. The Kier molecular flexibility index (Phi) is 4.23. The Bertz CT molecular complexity index is 617. The van der Waals surface area contributed by atoms with Gasteiger partial charge in [0.15, 0.2) is 0 Å². The molecule has 120 valence electrons. The Hall–Kier alpha value is -1.97. The summed E-state index contributed by atoms with van der Waals surface area (Å²) < 4.78 is 5.53. The fourth-order valence-electron chi connectivity index (χ4n) is 3.41. The minimum atomic E-state index is -0.812. The number of hydrogen-bond acceptors (Lipinski definition) is 3. The molecule has 0 radical (unpaired) electrons. The van der Waals surface area contributed by atoms with Crippen LogP contribution in [-0.2, 0) is 4.79 Å². The topological polar surface area (TPSA) is 49.8 Å². The summed E-state index contributed by atoms with van der Waals surface area (Å²) in [6.07, 6.45) is 2.13. The molecule has 22 heavy (non-hydrogen) atoms. The molecule has 0 amide bonds. The van der Waals surface area contributed by atoms with Gasteiger partial charge in [0.25, 0.3) is 0 Å². The zero-order valence-corrected chi connectivity index (χ0v) is 14.2. The number of ether oxygens (including phenoxy) is 1. The zero-order chi connectivity index (χ0) is 16.7. The minimum absolute atomic E-state index is 0.0265. The highest BCUT2D eigenvalue weighted by Gasteiger charge is 2.42. The van der Waals surface area contributed by atoms with Gasteiger partial charge < -0.3 is 14.7 Å². The monoisotopic (exact) mass is 303 g/mol. The molecule has 0 aliphatic carbocycles. The average Bonchev–Trinajstić information content (AvgIpc) is 2.41. The number of allylic oxidation sites excluding steroid dienone is 1. The largest absolute Gasteiger partial charge is 0.495 e. The summed E-state index contributed by atoms with van der Waals surface area (Å²) in [5.41, 5.74) is 2.64. The van der Waals surface area contributed by atoms with Gasteiger partial charge in [0.05, 0.1) is 18.3 Å². The molecule has 2 rings (SSSR count). The van der Waals surface area contributed by atoms with Crippen molar-refractivity contribution in [2.45, 2.75) is 46.2 Å². The van der Waals surface area contributed by atoms with Gasteiger partial charge in [-0.3, -0.25) is 0 Å². The van der Waals surface area contributed by atoms with Crippen molar-refractivity contribution in [3.63, 3.8) is 0 Å². The molecule has 4 heteroatoms. The fraction of sp³-hybridized carbons (Fsp3) is 0.500. The standard InChI is InChI=1S/C18H25NO3/c1-11(2)15(17(20)21)19-16-13(8-7-9-14(16)22-6)12(3)10-18(19,4)5/h7-11,15H,1-6H3,(H,20,21)/t15-/m1/s1. The second-order valence-electron chi connectivity index (χ2n) is 6.73. The molecule has 0 saturated heterocycles. The minimum Gasteiger partial charge on any atom is -0.495 e. The van der Waals surface area contributed by atoms with Crippen LogP contribution in [0.4, 0.5) is 5.69 Å². The van der Waals surface area contributed by atoms with Crippen LogP contribution in [0.2, 0.25) is 0 Å². The lowest BCUT2D eigenvalue weighted by molar-refractivity contribution is -0.140. The van der Waals surface area contributed by atoms with Gasteiger partial charge in [0, 0.05) is 5.56 Å². The predicted octanol–water partition coefficient (Wildman–Crippen LogP) is 3.81. The molecule has 1 heterocycles. The van der Waals surface area contributed by atoms with Crippen LogP contribution in [0.15, 0.2) is 24.3 Å². The van der Waals surface area contributed by atoms with Crippen molar-refractivity contribution in [2.24, 2.45) is 5.92 Å². The van der Waals surface area contributed by atoms with Crippen LogP contribution in [0, 0.1) is 5.92 Å². The Balaban J connectivity index is 2.75. The highest BCUT2D eigenvalue weighted by atomic mass is 16.5. The molecule has 0 unspecified atom stereocenters. The van der Waals surface area contributed by atoms with Crippen LogP contribution in [0.3, 0.4) is 0 Å². The van der Waals surface area contributed by atoms with Crippen molar-refractivity contribution in [2.75, 3.05) is 12.0 Å². The van der Waals surface area contributed by atoms with E-state index in [0.29, 0.717) is 5.75 Å². The number of carboxylic acid groups (broad SMARTS) is 1. The molecule has 4 nitrogen and oxygen atoms in total. The molecule has 1 aromatic rings. The van der Waals surface area contributed by atoms with E-state index in [1.54, 1.807) is 7.11 Å². The molecule has 1 N–H and O–H groups in total. The second kappa shape index (κ2) is 5.67. The lowest BCUT2D eigenvalue weighted by Crippen LogP contribution is -2.56. The average molecular weight is 303 g/mol. The first-order valence-electron chi connectivity index (χ1n) is 7.59. The van der Waals surface area contributed by atoms with Crippen molar-refractivity contribution >= 4 is 17.2 Å². The summed E-state index contributed by atoms with van der Waals surface area (Å²) in [6, 6.07) is 5.23. The first kappa shape index (κ1) is 16.4. The predicted molar refractivity (Wildman–Crippen MR) is 89.5 cm³/mol. The van der Waals surface area contributed by atoms with Crippen LogP contribution >= 0.6 is 0 Å². The van der Waals surface area contributed by atoms with Crippen molar-refractivity contribution in [3.8, 4) is 5.75 Å². The highest BCUT2D eigenvalue weighted by Crippen LogP contribution is 2.46. The number of nitrogens with zero attached hydrogens (tertiary/aromatic N) is 1. The molecule has 0 bridgehead atoms. The number of carbonyl (C=O) groups is 1. The van der Waals surface area contributed by atoms with Gasteiger partial charge in [0.2, 0.25) is 0 Å². The number of hydrogen-bond donors (Lipinski definition) is 1. The van der Waals surface area contributed by atoms with Crippen LogP contribution in [-0.4, -0.2) is 29.8 Å². The van der Waals surface area contributed by atoms with Gasteiger partial charge in [-0.25, -0.2) is 4.79 Å². The van der Waals surface area contributed by atoms with E-state index in [0.717, 1.165) is 16.8 Å². The number of anilines is 1. The number of para-hydroxylation sites is 1. The summed E-state index contributed by atoms with van der Waals surface area (Å²) in [6.45, 7) is 10.0. The quantitative estimate of drug-likeness (QED) is 0.919. The van der Waals surface area contributed by atoms with Gasteiger partial charge >= 0.3 is 5.97 Å². The van der Waals surface area contributed by atoms with Gasteiger partial charge in [0.1, 0.15) is 11.8 Å². The number of aliphatic carboxylic acids is 1. The summed E-state index contributed by atoms with van der Waals surface area (Å²) in [5.74, 6) is -0.126.